The van der Waals surface area contributed by atoms with Gasteiger partial charge in [0.15, 0.2) is 0 Å². The van der Waals surface area contributed by atoms with Crippen molar-refractivity contribution in [3.63, 3.8) is 0 Å². The molecule has 0 aromatic heterocycles. The fraction of sp³-hybridized carbons (Fsp3) is 0.611. The van der Waals surface area contributed by atoms with Gasteiger partial charge in [-0.05, 0) is 56.1 Å². The lowest BCUT2D eigenvalue weighted by Crippen LogP contribution is -2.30. The maximum atomic E-state index is 12.1. The molecule has 0 unspecified atom stereocenters. The van der Waals surface area contributed by atoms with Crippen molar-refractivity contribution in [3.05, 3.63) is 35.4 Å². The van der Waals surface area contributed by atoms with Crippen LogP contribution in [0.15, 0.2) is 24.3 Å². The highest BCUT2D eigenvalue weighted by molar-refractivity contribution is 5.89. The minimum atomic E-state index is -0.177. The minimum Gasteiger partial charge on any atom is -0.459 e. The number of hydrogen-bond donors (Lipinski definition) is 0. The quantitative estimate of drug-likeness (QED) is 0.727. The Labute approximate surface area is 122 Å². The van der Waals surface area contributed by atoms with Crippen molar-refractivity contribution in [2.75, 3.05) is 0 Å². The zero-order valence-corrected chi connectivity index (χ0v) is 13.1. The maximum Gasteiger partial charge on any atom is 0.338 e. The predicted octanol–water partition coefficient (Wildman–Crippen LogP) is 4.76. The third kappa shape index (κ3) is 3.84. The molecule has 2 rings (SSSR count). The second-order valence-corrected chi connectivity index (χ2v) is 7.11. The molecule has 20 heavy (non-hydrogen) atoms. The van der Waals surface area contributed by atoms with Crippen LogP contribution < -0.4 is 0 Å². The summed E-state index contributed by atoms with van der Waals surface area (Å²) < 4.78 is 5.64. The summed E-state index contributed by atoms with van der Waals surface area (Å²) in [5.74, 6) is 0.570. The number of ether oxygens (including phenoxy) is 1. The van der Waals surface area contributed by atoms with Crippen molar-refractivity contribution >= 4 is 5.97 Å². The summed E-state index contributed by atoms with van der Waals surface area (Å²) in [7, 11) is 0. The van der Waals surface area contributed by atoms with E-state index in [1.165, 1.54) is 0 Å². The third-order valence-corrected chi connectivity index (χ3v) is 4.46. The van der Waals surface area contributed by atoms with E-state index in [4.69, 9.17) is 4.74 Å². The van der Waals surface area contributed by atoms with Gasteiger partial charge in [-0.1, -0.05) is 38.5 Å². The molecule has 0 heterocycles. The molecule has 0 atom stereocenters. The molecule has 0 bridgehead atoms. The number of esters is 1. The normalized spacial score (nSPS) is 23.4. The molecule has 0 N–H and O–H groups in total. The lowest BCUT2D eigenvalue weighted by Gasteiger charge is -2.36. The second-order valence-electron chi connectivity index (χ2n) is 7.11. The summed E-state index contributed by atoms with van der Waals surface area (Å²) in [6.07, 6.45) is 4.42. The van der Waals surface area contributed by atoms with Crippen LogP contribution in [-0.4, -0.2) is 12.1 Å². The Kier molecular flexibility index (Phi) is 4.52. The van der Waals surface area contributed by atoms with Crippen LogP contribution in [0.1, 0.15) is 62.4 Å². The Hall–Kier alpha value is -1.31. The van der Waals surface area contributed by atoms with Crippen molar-refractivity contribution in [2.24, 2.45) is 11.3 Å². The fourth-order valence-electron chi connectivity index (χ4n) is 2.96. The van der Waals surface area contributed by atoms with Crippen LogP contribution in [-0.2, 0) is 4.74 Å². The van der Waals surface area contributed by atoms with Gasteiger partial charge in [0.25, 0.3) is 0 Å². The summed E-state index contributed by atoms with van der Waals surface area (Å²) in [5, 5.41) is 0. The Morgan fingerprint density at radius 3 is 2.10 bits per heavy atom. The topological polar surface area (TPSA) is 26.3 Å². The molecule has 0 saturated heterocycles. The highest BCUT2D eigenvalue weighted by Gasteiger charge is 2.31. The molecule has 1 fully saturated rings. The molecule has 1 aliphatic carbocycles. The maximum absolute atomic E-state index is 12.1. The summed E-state index contributed by atoms with van der Waals surface area (Å²) in [6.45, 7) is 8.92. The van der Waals surface area contributed by atoms with Gasteiger partial charge in [0, 0.05) is 0 Å². The van der Waals surface area contributed by atoms with Crippen molar-refractivity contribution in [1.82, 2.24) is 0 Å². The number of benzene rings is 1. The van der Waals surface area contributed by atoms with Crippen molar-refractivity contribution in [2.45, 2.75) is 59.5 Å². The lowest BCUT2D eigenvalue weighted by molar-refractivity contribution is 0.00929. The first-order chi connectivity index (χ1) is 9.36. The molecular formula is C18H26O2. The smallest absolute Gasteiger partial charge is 0.338 e. The van der Waals surface area contributed by atoms with Crippen molar-refractivity contribution in [1.29, 1.82) is 0 Å². The fourth-order valence-corrected chi connectivity index (χ4v) is 2.96. The van der Waals surface area contributed by atoms with Crippen LogP contribution in [0.25, 0.3) is 0 Å². The summed E-state index contributed by atoms with van der Waals surface area (Å²) in [6, 6.07) is 7.59. The third-order valence-electron chi connectivity index (χ3n) is 4.46. The lowest BCUT2D eigenvalue weighted by atomic mass is 9.72. The second kappa shape index (κ2) is 5.99. The van der Waals surface area contributed by atoms with Crippen LogP contribution in [0.5, 0.6) is 0 Å². The van der Waals surface area contributed by atoms with Gasteiger partial charge in [-0.2, -0.15) is 0 Å². The van der Waals surface area contributed by atoms with Gasteiger partial charge in [-0.25, -0.2) is 4.79 Å². The number of hydrogen-bond acceptors (Lipinski definition) is 2. The van der Waals surface area contributed by atoms with Gasteiger partial charge in [0.1, 0.15) is 6.10 Å². The van der Waals surface area contributed by atoms with Crippen LogP contribution in [0.3, 0.4) is 0 Å². The van der Waals surface area contributed by atoms with Crippen molar-refractivity contribution < 1.29 is 9.53 Å². The van der Waals surface area contributed by atoms with Crippen LogP contribution in [0, 0.1) is 18.3 Å². The zero-order valence-electron chi connectivity index (χ0n) is 13.1. The standard InChI is InChI=1S/C18H26O2/c1-13-5-7-14(8-6-13)17(19)20-16-11-9-15(10-12-16)18(2,3)4/h5-8,15-16H,9-12H2,1-4H3. The van der Waals surface area contributed by atoms with Gasteiger partial charge in [-0.15, -0.1) is 0 Å². The number of carbonyl (C=O) groups excluding carboxylic acids is 1. The zero-order chi connectivity index (χ0) is 14.8. The number of aryl methyl sites for hydroxylation is 1. The highest BCUT2D eigenvalue weighted by atomic mass is 16.5. The summed E-state index contributed by atoms with van der Waals surface area (Å²) in [4.78, 5) is 12.1. The molecule has 1 saturated carbocycles. The average molecular weight is 274 g/mol. The Balaban J connectivity index is 1.86. The number of rotatable bonds is 2. The molecule has 0 amide bonds. The molecule has 1 aromatic rings. The molecule has 2 nitrogen and oxygen atoms in total. The molecule has 1 aliphatic rings. The summed E-state index contributed by atoms with van der Waals surface area (Å²) >= 11 is 0. The van der Waals surface area contributed by atoms with Crippen LogP contribution >= 0.6 is 0 Å². The molecule has 0 radical (unpaired) electrons. The first-order valence-electron chi connectivity index (χ1n) is 7.64. The average Bonchev–Trinajstić information content (AvgIpc) is 2.39. The predicted molar refractivity (Wildman–Crippen MR) is 81.8 cm³/mol. The van der Waals surface area contributed by atoms with E-state index in [0.29, 0.717) is 11.0 Å². The Morgan fingerprint density at radius 2 is 1.60 bits per heavy atom. The van der Waals surface area contributed by atoms with E-state index < -0.39 is 0 Å². The SMILES string of the molecule is Cc1ccc(C(=O)OC2CCC(C(C)(C)C)CC2)cc1. The van der Waals surface area contributed by atoms with E-state index in [1.807, 2.05) is 31.2 Å². The monoisotopic (exact) mass is 274 g/mol. The Bertz CT molecular complexity index is 445. The largest absolute Gasteiger partial charge is 0.459 e. The minimum absolute atomic E-state index is 0.0994. The van der Waals surface area contributed by atoms with E-state index in [1.54, 1.807) is 0 Å². The van der Waals surface area contributed by atoms with E-state index in [9.17, 15) is 4.79 Å². The van der Waals surface area contributed by atoms with E-state index in [0.717, 1.165) is 37.2 Å². The van der Waals surface area contributed by atoms with Crippen LogP contribution in [0.4, 0.5) is 0 Å². The number of carbonyl (C=O) groups is 1. The van der Waals surface area contributed by atoms with Crippen molar-refractivity contribution in [3.8, 4) is 0 Å². The van der Waals surface area contributed by atoms with Gasteiger partial charge < -0.3 is 4.74 Å². The van der Waals surface area contributed by atoms with Gasteiger partial charge in [-0.3, -0.25) is 0 Å². The van der Waals surface area contributed by atoms with E-state index in [2.05, 4.69) is 20.8 Å². The first kappa shape index (κ1) is 15.1. The molecule has 110 valence electrons. The Morgan fingerprint density at radius 1 is 1.05 bits per heavy atom. The van der Waals surface area contributed by atoms with E-state index in [-0.39, 0.29) is 12.1 Å². The highest BCUT2D eigenvalue weighted by Crippen LogP contribution is 2.38. The molecule has 0 aliphatic heterocycles. The molecular weight excluding hydrogens is 248 g/mol. The molecule has 1 aromatic carbocycles. The first-order valence-corrected chi connectivity index (χ1v) is 7.64. The molecule has 2 heteroatoms. The van der Waals surface area contributed by atoms with Crippen LogP contribution in [0.2, 0.25) is 0 Å². The van der Waals surface area contributed by atoms with E-state index >= 15 is 0 Å². The van der Waals surface area contributed by atoms with Gasteiger partial charge in [0.05, 0.1) is 5.56 Å². The van der Waals surface area contributed by atoms with Gasteiger partial charge in [0.2, 0.25) is 0 Å². The van der Waals surface area contributed by atoms with Gasteiger partial charge >= 0.3 is 5.97 Å². The summed E-state index contributed by atoms with van der Waals surface area (Å²) in [5.41, 5.74) is 2.19. The molecule has 0 spiro atoms.